The molecule has 0 saturated heterocycles. The molecule has 2 aromatic rings. The molecule has 7 heteroatoms. The monoisotopic (exact) mass is 295 g/mol. The highest BCUT2D eigenvalue weighted by Gasteiger charge is 2.13. The van der Waals surface area contributed by atoms with Crippen molar-refractivity contribution in [2.24, 2.45) is 0 Å². The van der Waals surface area contributed by atoms with Gasteiger partial charge >= 0.3 is 0 Å². The lowest BCUT2D eigenvalue weighted by Crippen LogP contribution is -2.32. The number of amides is 1. The van der Waals surface area contributed by atoms with Crippen molar-refractivity contribution >= 4 is 23.7 Å². The highest BCUT2D eigenvalue weighted by atomic mass is 16.2. The molecule has 3 N–H and O–H groups in total. The van der Waals surface area contributed by atoms with Crippen LogP contribution in [0.3, 0.4) is 0 Å². The average Bonchev–Trinajstić information content (AvgIpc) is 2.92. The van der Waals surface area contributed by atoms with Gasteiger partial charge in [0.05, 0.1) is 12.7 Å². The van der Waals surface area contributed by atoms with E-state index in [0.717, 1.165) is 10.2 Å². The molecule has 0 saturated carbocycles. The highest BCUT2D eigenvalue weighted by Crippen LogP contribution is 2.08. The number of anilines is 1. The molecule has 22 heavy (non-hydrogen) atoms. The Hall–Kier alpha value is -3.40. The number of nitrogens with two attached hydrogens (primary N) is 1. The van der Waals surface area contributed by atoms with Gasteiger partial charge in [0.1, 0.15) is 17.5 Å². The predicted molar refractivity (Wildman–Crippen MR) is 80.5 cm³/mol. The Labute approximate surface area is 126 Å². The fourth-order valence-corrected chi connectivity index (χ4v) is 1.68. The van der Waals surface area contributed by atoms with Gasteiger partial charge in [-0.15, -0.1) is 0 Å². The number of carbonyl (C=O) groups is 2. The number of benzene rings is 1. The van der Waals surface area contributed by atoms with Gasteiger partial charge in [-0.1, -0.05) is 30.3 Å². The van der Waals surface area contributed by atoms with E-state index in [2.05, 4.69) is 10.4 Å². The summed E-state index contributed by atoms with van der Waals surface area (Å²) in [6.07, 6.45) is 4.16. The zero-order chi connectivity index (χ0) is 15.9. The fraction of sp³-hybridized carbons (Fsp3) is 0.0667. The van der Waals surface area contributed by atoms with E-state index in [4.69, 9.17) is 11.0 Å². The van der Waals surface area contributed by atoms with Crippen LogP contribution in [0.4, 0.5) is 5.82 Å². The van der Waals surface area contributed by atoms with Crippen molar-refractivity contribution in [2.75, 3.05) is 12.3 Å². The summed E-state index contributed by atoms with van der Waals surface area (Å²) in [6, 6.07) is 11.1. The Bertz CT molecular complexity index is 756. The van der Waals surface area contributed by atoms with Crippen molar-refractivity contribution in [3.05, 3.63) is 53.7 Å². The molecule has 110 valence electrons. The van der Waals surface area contributed by atoms with E-state index in [0.29, 0.717) is 0 Å². The fourth-order valence-electron chi connectivity index (χ4n) is 1.68. The number of nitriles is 1. The van der Waals surface area contributed by atoms with Crippen LogP contribution in [0.15, 0.2) is 42.6 Å². The van der Waals surface area contributed by atoms with Crippen LogP contribution < -0.4 is 11.1 Å². The van der Waals surface area contributed by atoms with Gasteiger partial charge in [0.2, 0.25) is 5.91 Å². The first-order valence-corrected chi connectivity index (χ1v) is 6.39. The van der Waals surface area contributed by atoms with Crippen molar-refractivity contribution in [2.45, 2.75) is 0 Å². The molecule has 1 aromatic carbocycles. The maximum absolute atomic E-state index is 11.8. The number of nitrogens with one attached hydrogen (secondary N) is 1. The van der Waals surface area contributed by atoms with Crippen LogP contribution in [0.5, 0.6) is 0 Å². The number of rotatable bonds is 4. The van der Waals surface area contributed by atoms with E-state index >= 15 is 0 Å². The summed E-state index contributed by atoms with van der Waals surface area (Å²) in [4.78, 5) is 23.5. The Kier molecular flexibility index (Phi) is 4.67. The van der Waals surface area contributed by atoms with E-state index in [1.54, 1.807) is 6.08 Å². The van der Waals surface area contributed by atoms with Gasteiger partial charge < -0.3 is 11.1 Å². The molecule has 0 aliphatic carbocycles. The molecule has 0 spiro atoms. The summed E-state index contributed by atoms with van der Waals surface area (Å²) >= 11 is 0. The smallest absolute Gasteiger partial charge is 0.268 e. The third-order valence-electron chi connectivity index (χ3n) is 2.80. The standard InChI is InChI=1S/C15H13N5O2/c16-8-12-9-19-20(15(12)17)14(22)10-18-13(21)7-6-11-4-2-1-3-5-11/h1-7,9H,10,17H2,(H,18,21)/b7-6+. The number of nitrogen functional groups attached to an aromatic ring is 1. The topological polar surface area (TPSA) is 114 Å². The Morgan fingerprint density at radius 1 is 1.36 bits per heavy atom. The SMILES string of the molecule is N#Cc1cnn(C(=O)CNC(=O)/C=C/c2ccccc2)c1N. The molecule has 0 fully saturated rings. The van der Waals surface area contributed by atoms with Crippen LogP contribution in [-0.2, 0) is 4.79 Å². The van der Waals surface area contributed by atoms with Gasteiger partial charge in [-0.25, -0.2) is 0 Å². The number of carbonyl (C=O) groups excluding carboxylic acids is 2. The molecule has 0 unspecified atom stereocenters. The van der Waals surface area contributed by atoms with E-state index in [1.807, 2.05) is 36.4 Å². The number of hydrogen-bond donors (Lipinski definition) is 2. The molecular formula is C15H13N5O2. The zero-order valence-corrected chi connectivity index (χ0v) is 11.6. The minimum Gasteiger partial charge on any atom is -0.382 e. The van der Waals surface area contributed by atoms with Gasteiger partial charge in [-0.2, -0.15) is 15.0 Å². The maximum atomic E-state index is 11.8. The molecule has 0 bridgehead atoms. The molecule has 0 atom stereocenters. The van der Waals surface area contributed by atoms with Crippen LogP contribution >= 0.6 is 0 Å². The molecule has 1 heterocycles. The largest absolute Gasteiger partial charge is 0.382 e. The zero-order valence-electron chi connectivity index (χ0n) is 11.6. The predicted octanol–water partition coefficient (Wildman–Crippen LogP) is 0.807. The van der Waals surface area contributed by atoms with Crippen molar-refractivity contribution in [3.8, 4) is 6.07 Å². The number of aromatic nitrogens is 2. The number of hydrogen-bond acceptors (Lipinski definition) is 5. The van der Waals surface area contributed by atoms with E-state index < -0.39 is 11.8 Å². The average molecular weight is 295 g/mol. The molecule has 1 aromatic heterocycles. The van der Waals surface area contributed by atoms with Crippen LogP contribution in [0, 0.1) is 11.3 Å². The van der Waals surface area contributed by atoms with Crippen molar-refractivity contribution in [1.82, 2.24) is 15.1 Å². The Morgan fingerprint density at radius 2 is 2.09 bits per heavy atom. The summed E-state index contributed by atoms with van der Waals surface area (Å²) in [5, 5.41) is 14.9. The summed E-state index contributed by atoms with van der Waals surface area (Å²) in [6.45, 7) is -0.269. The number of nitrogens with zero attached hydrogens (tertiary/aromatic N) is 3. The molecule has 0 radical (unpaired) electrons. The molecular weight excluding hydrogens is 282 g/mol. The van der Waals surface area contributed by atoms with Crippen molar-refractivity contribution in [1.29, 1.82) is 5.26 Å². The third kappa shape index (κ3) is 3.58. The lowest BCUT2D eigenvalue weighted by molar-refractivity contribution is -0.116. The molecule has 7 nitrogen and oxygen atoms in total. The summed E-state index contributed by atoms with van der Waals surface area (Å²) in [5.41, 5.74) is 6.57. The Balaban J connectivity index is 1.91. The minimum atomic E-state index is -0.527. The second kappa shape index (κ2) is 6.85. The summed E-state index contributed by atoms with van der Waals surface area (Å²) in [7, 11) is 0. The first kappa shape index (κ1) is 15.0. The van der Waals surface area contributed by atoms with Crippen LogP contribution in [0.2, 0.25) is 0 Å². The molecule has 1 amide bonds. The van der Waals surface area contributed by atoms with Gasteiger partial charge in [-0.3, -0.25) is 9.59 Å². The van der Waals surface area contributed by atoms with E-state index in [9.17, 15) is 9.59 Å². The molecule has 0 aliphatic rings. The quantitative estimate of drug-likeness (QED) is 0.810. The second-order valence-electron chi connectivity index (χ2n) is 4.32. The lowest BCUT2D eigenvalue weighted by atomic mass is 10.2. The highest BCUT2D eigenvalue weighted by molar-refractivity contribution is 5.95. The van der Waals surface area contributed by atoms with Gasteiger partial charge in [0.25, 0.3) is 5.91 Å². The lowest BCUT2D eigenvalue weighted by Gasteiger charge is -2.03. The first-order valence-electron chi connectivity index (χ1n) is 6.39. The summed E-state index contributed by atoms with van der Waals surface area (Å²) in [5.74, 6) is -0.981. The second-order valence-corrected chi connectivity index (χ2v) is 4.32. The third-order valence-corrected chi connectivity index (χ3v) is 2.80. The van der Waals surface area contributed by atoms with Crippen molar-refractivity contribution in [3.63, 3.8) is 0 Å². The van der Waals surface area contributed by atoms with Gasteiger partial charge in [0.15, 0.2) is 0 Å². The Morgan fingerprint density at radius 3 is 2.73 bits per heavy atom. The molecule has 2 rings (SSSR count). The van der Waals surface area contributed by atoms with Gasteiger partial charge in [0, 0.05) is 6.08 Å². The summed E-state index contributed by atoms with van der Waals surface area (Å²) < 4.78 is 0.889. The van der Waals surface area contributed by atoms with E-state index in [-0.39, 0.29) is 17.9 Å². The van der Waals surface area contributed by atoms with Crippen LogP contribution in [-0.4, -0.2) is 28.1 Å². The van der Waals surface area contributed by atoms with Crippen LogP contribution in [0.1, 0.15) is 15.9 Å². The maximum Gasteiger partial charge on any atom is 0.268 e. The van der Waals surface area contributed by atoms with E-state index in [1.165, 1.54) is 12.3 Å². The first-order chi connectivity index (χ1) is 10.6. The van der Waals surface area contributed by atoms with Crippen LogP contribution in [0.25, 0.3) is 6.08 Å². The van der Waals surface area contributed by atoms with Crippen molar-refractivity contribution < 1.29 is 9.59 Å². The van der Waals surface area contributed by atoms with Gasteiger partial charge in [-0.05, 0) is 11.6 Å². The minimum absolute atomic E-state index is 0.0402. The normalized spacial score (nSPS) is 10.3. The molecule has 0 aliphatic heterocycles.